The van der Waals surface area contributed by atoms with Crippen molar-refractivity contribution >= 4 is 17.5 Å². The molecule has 0 radical (unpaired) electrons. The Kier molecular flexibility index (Phi) is 8.19. The lowest BCUT2D eigenvalue weighted by Gasteiger charge is -2.32. The quantitative estimate of drug-likeness (QED) is 0.475. The largest absolute Gasteiger partial charge is 0.573 e. The minimum Gasteiger partial charge on any atom is -0.406 e. The molecule has 1 aromatic heterocycles. The van der Waals surface area contributed by atoms with E-state index in [0.29, 0.717) is 30.9 Å². The molecule has 0 unspecified atom stereocenters. The predicted octanol–water partition coefficient (Wildman–Crippen LogP) is 4.88. The van der Waals surface area contributed by atoms with Crippen molar-refractivity contribution in [3.05, 3.63) is 93.9 Å². The predicted molar refractivity (Wildman–Crippen MR) is 136 cm³/mol. The lowest BCUT2D eigenvalue weighted by atomic mass is 9.89. The number of pyridine rings is 1. The Bertz CT molecular complexity index is 1330. The summed E-state index contributed by atoms with van der Waals surface area (Å²) in [4.78, 5) is 38.8. The van der Waals surface area contributed by atoms with Gasteiger partial charge in [0.25, 0.3) is 11.5 Å². The van der Waals surface area contributed by atoms with Gasteiger partial charge >= 0.3 is 6.36 Å². The highest BCUT2D eigenvalue weighted by molar-refractivity contribution is 5.92. The lowest BCUT2D eigenvalue weighted by molar-refractivity contribution is -0.274. The van der Waals surface area contributed by atoms with Gasteiger partial charge in [0.2, 0.25) is 5.91 Å². The third kappa shape index (κ3) is 7.02. The number of rotatable bonds is 7. The molecule has 7 nitrogen and oxygen atoms in total. The summed E-state index contributed by atoms with van der Waals surface area (Å²) in [5, 5.41) is 2.84. The average Bonchev–Trinajstić information content (AvgIpc) is 2.89. The van der Waals surface area contributed by atoms with Gasteiger partial charge in [-0.15, -0.1) is 13.2 Å². The topological polar surface area (TPSA) is 80.6 Å². The first kappa shape index (κ1) is 27.0. The van der Waals surface area contributed by atoms with Crippen molar-refractivity contribution in [2.75, 3.05) is 18.4 Å². The van der Waals surface area contributed by atoms with Crippen LogP contribution in [0.25, 0.3) is 0 Å². The van der Waals surface area contributed by atoms with Crippen LogP contribution in [0.2, 0.25) is 0 Å². The van der Waals surface area contributed by atoms with Crippen LogP contribution >= 0.6 is 0 Å². The van der Waals surface area contributed by atoms with E-state index >= 15 is 0 Å². The summed E-state index contributed by atoms with van der Waals surface area (Å²) in [7, 11) is 1.59. The number of amides is 2. The number of halogens is 3. The van der Waals surface area contributed by atoms with Gasteiger partial charge in [-0.3, -0.25) is 14.4 Å². The minimum absolute atomic E-state index is 0.146. The third-order valence-electron chi connectivity index (χ3n) is 6.65. The Hall–Kier alpha value is -4.08. The van der Waals surface area contributed by atoms with Crippen LogP contribution < -0.4 is 15.6 Å². The van der Waals surface area contributed by atoms with Crippen LogP contribution in [-0.4, -0.2) is 40.7 Å². The maximum Gasteiger partial charge on any atom is 0.573 e. The van der Waals surface area contributed by atoms with Crippen molar-refractivity contribution in [1.82, 2.24) is 9.47 Å². The van der Waals surface area contributed by atoms with Crippen LogP contribution in [0.1, 0.15) is 46.8 Å². The number of carbonyl (C=O) groups excluding carboxylic acids is 2. The van der Waals surface area contributed by atoms with Crippen molar-refractivity contribution in [2.24, 2.45) is 7.05 Å². The standard InChI is InChI=1S/C28H28F3N3O4/c1-33-24(3-2-4-26(33)36)27(37)34-17-15-21(16-18-34)20-8-10-22(11-9-20)32-25(35)14-7-19-5-12-23(13-6-19)38-28(29,30)31/h2-6,8-13,21H,7,14-18H2,1H3,(H,32,35). The van der Waals surface area contributed by atoms with Gasteiger partial charge < -0.3 is 19.5 Å². The normalized spacial score (nSPS) is 14.3. The molecule has 0 aliphatic carbocycles. The number of hydrogen-bond donors (Lipinski definition) is 1. The number of benzene rings is 2. The molecule has 2 amide bonds. The van der Waals surface area contributed by atoms with E-state index < -0.39 is 6.36 Å². The molecule has 1 N–H and O–H groups in total. The number of ether oxygens (including phenoxy) is 1. The zero-order valence-corrected chi connectivity index (χ0v) is 20.8. The lowest BCUT2D eigenvalue weighted by Crippen LogP contribution is -2.40. The second kappa shape index (κ2) is 11.5. The molecule has 2 heterocycles. The fourth-order valence-electron chi connectivity index (χ4n) is 4.53. The van der Waals surface area contributed by atoms with Gasteiger partial charge in [0, 0.05) is 38.3 Å². The van der Waals surface area contributed by atoms with Crippen molar-refractivity contribution in [3.8, 4) is 5.75 Å². The molecule has 3 aromatic rings. The van der Waals surface area contributed by atoms with Crippen LogP contribution in [0.15, 0.2) is 71.5 Å². The first-order valence-corrected chi connectivity index (χ1v) is 12.3. The molecule has 0 bridgehead atoms. The average molecular weight is 528 g/mol. The Balaban J connectivity index is 1.24. The van der Waals surface area contributed by atoms with E-state index in [1.165, 1.54) is 34.9 Å². The first-order chi connectivity index (χ1) is 18.1. The molecule has 0 saturated carbocycles. The van der Waals surface area contributed by atoms with E-state index in [9.17, 15) is 27.6 Å². The van der Waals surface area contributed by atoms with Crippen LogP contribution in [0, 0.1) is 0 Å². The van der Waals surface area contributed by atoms with Crippen molar-refractivity contribution < 1.29 is 27.5 Å². The zero-order chi connectivity index (χ0) is 27.3. The molecule has 0 spiro atoms. The van der Waals surface area contributed by atoms with Gasteiger partial charge in [-0.2, -0.15) is 0 Å². The number of aryl methyl sites for hydroxylation is 1. The Morgan fingerprint density at radius 1 is 0.974 bits per heavy atom. The maximum atomic E-state index is 12.9. The van der Waals surface area contributed by atoms with E-state index in [4.69, 9.17) is 0 Å². The van der Waals surface area contributed by atoms with E-state index in [0.717, 1.165) is 24.0 Å². The molecule has 1 aliphatic heterocycles. The highest BCUT2D eigenvalue weighted by Crippen LogP contribution is 2.29. The Morgan fingerprint density at radius 2 is 1.63 bits per heavy atom. The molecule has 1 saturated heterocycles. The Labute approximate surface area is 217 Å². The van der Waals surface area contributed by atoms with E-state index in [1.54, 1.807) is 24.1 Å². The monoisotopic (exact) mass is 527 g/mol. The van der Waals surface area contributed by atoms with Crippen LogP contribution in [0.4, 0.5) is 18.9 Å². The summed E-state index contributed by atoms with van der Waals surface area (Å²) >= 11 is 0. The van der Waals surface area contributed by atoms with Crippen LogP contribution in [0.5, 0.6) is 5.75 Å². The molecule has 1 aliphatic rings. The number of carbonyl (C=O) groups is 2. The zero-order valence-electron chi connectivity index (χ0n) is 20.8. The van der Waals surface area contributed by atoms with Gasteiger partial charge in [0.1, 0.15) is 11.4 Å². The number of alkyl halides is 3. The summed E-state index contributed by atoms with van der Waals surface area (Å²) in [6.07, 6.45) is -2.58. The summed E-state index contributed by atoms with van der Waals surface area (Å²) < 4.78 is 42.0. The molecular formula is C28H28F3N3O4. The van der Waals surface area contributed by atoms with Gasteiger partial charge in [0.15, 0.2) is 0 Å². The number of aromatic nitrogens is 1. The summed E-state index contributed by atoms with van der Waals surface area (Å²) in [5.74, 6) is -0.360. The van der Waals surface area contributed by atoms with E-state index in [1.807, 2.05) is 24.3 Å². The Morgan fingerprint density at radius 3 is 2.26 bits per heavy atom. The number of hydrogen-bond acceptors (Lipinski definition) is 4. The second-order valence-corrected chi connectivity index (χ2v) is 9.24. The van der Waals surface area contributed by atoms with Gasteiger partial charge in [-0.25, -0.2) is 0 Å². The van der Waals surface area contributed by atoms with Crippen molar-refractivity contribution in [1.29, 1.82) is 0 Å². The fraction of sp³-hybridized carbons (Fsp3) is 0.321. The molecule has 4 rings (SSSR count). The minimum atomic E-state index is -4.74. The molecular weight excluding hydrogens is 499 g/mol. The number of nitrogens with zero attached hydrogens (tertiary/aromatic N) is 2. The van der Waals surface area contributed by atoms with Crippen molar-refractivity contribution in [3.63, 3.8) is 0 Å². The first-order valence-electron chi connectivity index (χ1n) is 12.3. The summed E-state index contributed by atoms with van der Waals surface area (Å²) in [6, 6.07) is 17.8. The number of piperidine rings is 1. The van der Waals surface area contributed by atoms with Crippen LogP contribution in [-0.2, 0) is 18.3 Å². The number of likely N-dealkylation sites (tertiary alicyclic amines) is 1. The van der Waals surface area contributed by atoms with Gasteiger partial charge in [0.05, 0.1) is 0 Å². The molecule has 200 valence electrons. The maximum absolute atomic E-state index is 12.9. The molecule has 38 heavy (non-hydrogen) atoms. The highest BCUT2D eigenvalue weighted by Gasteiger charge is 2.31. The number of nitrogens with one attached hydrogen (secondary N) is 1. The third-order valence-corrected chi connectivity index (χ3v) is 6.65. The van der Waals surface area contributed by atoms with E-state index in [-0.39, 0.29) is 35.5 Å². The SMILES string of the molecule is Cn1c(C(=O)N2CCC(c3ccc(NC(=O)CCc4ccc(OC(F)(F)F)cc4)cc3)CC2)cccc1=O. The van der Waals surface area contributed by atoms with Gasteiger partial charge in [-0.05, 0) is 66.6 Å². The molecule has 1 fully saturated rings. The van der Waals surface area contributed by atoms with Crippen molar-refractivity contribution in [2.45, 2.75) is 38.0 Å². The second-order valence-electron chi connectivity index (χ2n) is 9.24. The van der Waals surface area contributed by atoms with Gasteiger partial charge in [-0.1, -0.05) is 30.3 Å². The molecule has 2 aromatic carbocycles. The smallest absolute Gasteiger partial charge is 0.406 e. The van der Waals surface area contributed by atoms with E-state index in [2.05, 4.69) is 10.1 Å². The fourth-order valence-corrected chi connectivity index (χ4v) is 4.53. The van der Waals surface area contributed by atoms with Crippen LogP contribution in [0.3, 0.4) is 0 Å². The summed E-state index contributed by atoms with van der Waals surface area (Å²) in [6.45, 7) is 1.18. The molecule has 0 atom stereocenters. The highest BCUT2D eigenvalue weighted by atomic mass is 19.4. The number of anilines is 1. The molecule has 10 heteroatoms. The summed E-state index contributed by atoms with van der Waals surface area (Å²) in [5.41, 5.74) is 2.67.